The Labute approximate surface area is 114 Å². The van der Waals surface area contributed by atoms with Gasteiger partial charge in [-0.25, -0.2) is 0 Å². The van der Waals surface area contributed by atoms with E-state index in [0.29, 0.717) is 17.0 Å². The number of methoxy groups -OCH3 is 1. The molecule has 2 atom stereocenters. The minimum absolute atomic E-state index is 0.496. The molecule has 0 aliphatic carbocycles. The third-order valence-corrected chi connectivity index (χ3v) is 3.64. The lowest BCUT2D eigenvalue weighted by atomic mass is 10.1. The van der Waals surface area contributed by atoms with Gasteiger partial charge in [0.25, 0.3) is 0 Å². The second kappa shape index (κ2) is 5.81. The molecule has 2 unspecified atom stereocenters. The molecule has 18 heavy (non-hydrogen) atoms. The van der Waals surface area contributed by atoms with Gasteiger partial charge in [-0.2, -0.15) is 0 Å². The van der Waals surface area contributed by atoms with E-state index in [-0.39, 0.29) is 0 Å². The molecule has 4 heteroatoms. The number of rotatable bonds is 2. The number of halogens is 1. The summed E-state index contributed by atoms with van der Waals surface area (Å²) in [4.78, 5) is 2.39. The maximum atomic E-state index is 6.20. The van der Waals surface area contributed by atoms with Crippen molar-refractivity contribution in [2.75, 3.05) is 31.6 Å². The second-order valence-electron chi connectivity index (χ2n) is 5.14. The molecule has 1 aromatic carbocycles. The van der Waals surface area contributed by atoms with E-state index in [1.165, 1.54) is 5.69 Å². The van der Waals surface area contributed by atoms with Crippen LogP contribution in [-0.2, 0) is 0 Å². The lowest BCUT2D eigenvalue weighted by Crippen LogP contribution is -2.35. The Morgan fingerprint density at radius 2 is 2.11 bits per heavy atom. The molecule has 1 aliphatic rings. The molecular formula is C14H21ClN2O. The third-order valence-electron chi connectivity index (χ3n) is 3.34. The first-order chi connectivity index (χ1) is 8.60. The van der Waals surface area contributed by atoms with E-state index < -0.39 is 0 Å². The van der Waals surface area contributed by atoms with Gasteiger partial charge in [-0.1, -0.05) is 18.5 Å². The van der Waals surface area contributed by atoms with Crippen molar-refractivity contribution >= 4 is 17.3 Å². The zero-order valence-electron chi connectivity index (χ0n) is 11.2. The molecule has 0 amide bonds. The van der Waals surface area contributed by atoms with Gasteiger partial charge < -0.3 is 15.0 Å². The lowest BCUT2D eigenvalue weighted by Gasteiger charge is -2.26. The molecule has 1 aliphatic heterocycles. The molecular weight excluding hydrogens is 248 g/mol. The predicted octanol–water partition coefficient (Wildman–Crippen LogP) is 2.78. The largest absolute Gasteiger partial charge is 0.495 e. The first-order valence-corrected chi connectivity index (χ1v) is 6.80. The molecule has 0 saturated carbocycles. The van der Waals surface area contributed by atoms with E-state index in [2.05, 4.69) is 30.1 Å². The predicted molar refractivity (Wildman–Crippen MR) is 76.8 cm³/mol. The fraction of sp³-hybridized carbons (Fsp3) is 0.571. The Kier molecular flexibility index (Phi) is 4.36. The number of benzene rings is 1. The smallest absolute Gasteiger partial charge is 0.137 e. The Morgan fingerprint density at radius 3 is 2.78 bits per heavy atom. The number of ether oxygens (including phenoxy) is 1. The normalized spacial score (nSPS) is 24.8. The average Bonchev–Trinajstić information content (AvgIpc) is 2.51. The summed E-state index contributed by atoms with van der Waals surface area (Å²) in [5.41, 5.74) is 1.17. The van der Waals surface area contributed by atoms with Crippen LogP contribution in [0.5, 0.6) is 5.75 Å². The zero-order valence-corrected chi connectivity index (χ0v) is 12.0. The summed E-state index contributed by atoms with van der Waals surface area (Å²) in [5.74, 6) is 1.37. The van der Waals surface area contributed by atoms with E-state index in [9.17, 15) is 0 Å². The highest BCUT2D eigenvalue weighted by Crippen LogP contribution is 2.29. The lowest BCUT2D eigenvalue weighted by molar-refractivity contribution is 0.415. The molecule has 1 fully saturated rings. The summed E-state index contributed by atoms with van der Waals surface area (Å²) in [5, 5.41) is 4.21. The number of anilines is 1. The van der Waals surface area contributed by atoms with Gasteiger partial charge in [-0.3, -0.25) is 0 Å². The van der Waals surface area contributed by atoms with E-state index in [4.69, 9.17) is 16.3 Å². The van der Waals surface area contributed by atoms with Gasteiger partial charge in [0.05, 0.1) is 12.1 Å². The molecule has 1 aromatic rings. The summed E-state index contributed by atoms with van der Waals surface area (Å²) >= 11 is 6.20. The van der Waals surface area contributed by atoms with Crippen LogP contribution in [0.25, 0.3) is 0 Å². The summed E-state index contributed by atoms with van der Waals surface area (Å²) in [6.45, 7) is 7.62. The van der Waals surface area contributed by atoms with Crippen LogP contribution in [0.2, 0.25) is 5.02 Å². The second-order valence-corrected chi connectivity index (χ2v) is 5.55. The third kappa shape index (κ3) is 3.09. The quantitative estimate of drug-likeness (QED) is 0.893. The van der Waals surface area contributed by atoms with Crippen molar-refractivity contribution in [3.8, 4) is 5.75 Å². The molecule has 0 aromatic heterocycles. The highest BCUT2D eigenvalue weighted by atomic mass is 35.5. The SMILES string of the molecule is COc1ccc(N2CC(C)CNC(C)C2)cc1Cl. The summed E-state index contributed by atoms with van der Waals surface area (Å²) < 4.78 is 5.19. The van der Waals surface area contributed by atoms with Gasteiger partial charge in [0.15, 0.2) is 0 Å². The monoisotopic (exact) mass is 268 g/mol. The van der Waals surface area contributed by atoms with Crippen LogP contribution in [0.4, 0.5) is 5.69 Å². The van der Waals surface area contributed by atoms with Crippen LogP contribution < -0.4 is 15.0 Å². The van der Waals surface area contributed by atoms with E-state index in [1.807, 2.05) is 12.1 Å². The van der Waals surface area contributed by atoms with Gasteiger partial charge in [0.2, 0.25) is 0 Å². The maximum absolute atomic E-state index is 6.20. The Hall–Kier alpha value is -0.930. The van der Waals surface area contributed by atoms with E-state index in [1.54, 1.807) is 7.11 Å². The van der Waals surface area contributed by atoms with Crippen molar-refractivity contribution in [1.82, 2.24) is 5.32 Å². The van der Waals surface area contributed by atoms with Gasteiger partial charge in [0, 0.05) is 24.8 Å². The van der Waals surface area contributed by atoms with Gasteiger partial charge in [-0.05, 0) is 37.6 Å². The van der Waals surface area contributed by atoms with Gasteiger partial charge in [-0.15, -0.1) is 0 Å². The molecule has 3 nitrogen and oxygen atoms in total. The number of nitrogens with one attached hydrogen (secondary N) is 1. The number of hydrogen-bond donors (Lipinski definition) is 1. The first-order valence-electron chi connectivity index (χ1n) is 6.42. The summed E-state index contributed by atoms with van der Waals surface area (Å²) in [6, 6.07) is 6.50. The molecule has 1 N–H and O–H groups in total. The molecule has 100 valence electrons. The van der Waals surface area contributed by atoms with Crippen LogP contribution in [0.3, 0.4) is 0 Å². The molecule has 2 rings (SSSR count). The minimum atomic E-state index is 0.496. The maximum Gasteiger partial charge on any atom is 0.137 e. The number of nitrogens with zero attached hydrogens (tertiary/aromatic N) is 1. The molecule has 0 bridgehead atoms. The molecule has 0 spiro atoms. The van der Waals surface area contributed by atoms with Crippen molar-refractivity contribution < 1.29 is 4.74 Å². The fourth-order valence-corrected chi connectivity index (χ4v) is 2.63. The van der Waals surface area contributed by atoms with Crippen molar-refractivity contribution in [1.29, 1.82) is 0 Å². The van der Waals surface area contributed by atoms with Gasteiger partial charge in [0.1, 0.15) is 5.75 Å². The van der Waals surface area contributed by atoms with Crippen molar-refractivity contribution in [3.05, 3.63) is 23.2 Å². The highest BCUT2D eigenvalue weighted by Gasteiger charge is 2.19. The van der Waals surface area contributed by atoms with Crippen LogP contribution in [0.1, 0.15) is 13.8 Å². The summed E-state index contributed by atoms with van der Waals surface area (Å²) in [7, 11) is 1.64. The molecule has 1 saturated heterocycles. The zero-order chi connectivity index (χ0) is 13.1. The minimum Gasteiger partial charge on any atom is -0.495 e. The Balaban J connectivity index is 2.21. The molecule has 1 heterocycles. The van der Waals surface area contributed by atoms with Crippen LogP contribution >= 0.6 is 11.6 Å². The first kappa shape index (κ1) is 13.5. The standard InChI is InChI=1S/C14H21ClN2O/c1-10-7-16-11(2)9-17(8-10)12-4-5-14(18-3)13(15)6-12/h4-6,10-11,16H,7-9H2,1-3H3. The van der Waals surface area contributed by atoms with Crippen LogP contribution in [0.15, 0.2) is 18.2 Å². The van der Waals surface area contributed by atoms with E-state index in [0.717, 1.165) is 25.4 Å². The van der Waals surface area contributed by atoms with Crippen molar-refractivity contribution in [2.24, 2.45) is 5.92 Å². The van der Waals surface area contributed by atoms with Crippen molar-refractivity contribution in [3.63, 3.8) is 0 Å². The molecule has 0 radical (unpaired) electrons. The number of hydrogen-bond acceptors (Lipinski definition) is 3. The Bertz CT molecular complexity index is 399. The van der Waals surface area contributed by atoms with Crippen molar-refractivity contribution in [2.45, 2.75) is 19.9 Å². The summed E-state index contributed by atoms with van der Waals surface area (Å²) in [6.07, 6.45) is 0. The van der Waals surface area contributed by atoms with Crippen LogP contribution in [-0.4, -0.2) is 32.8 Å². The topological polar surface area (TPSA) is 24.5 Å². The Morgan fingerprint density at radius 1 is 1.33 bits per heavy atom. The van der Waals surface area contributed by atoms with Gasteiger partial charge >= 0.3 is 0 Å². The average molecular weight is 269 g/mol. The highest BCUT2D eigenvalue weighted by molar-refractivity contribution is 6.32. The van der Waals surface area contributed by atoms with Crippen LogP contribution in [0, 0.1) is 5.92 Å². The fourth-order valence-electron chi connectivity index (χ4n) is 2.38. The van der Waals surface area contributed by atoms with E-state index >= 15 is 0 Å².